The number of nitrogen functional groups attached to an aromatic ring is 1. The lowest BCUT2D eigenvalue weighted by Crippen LogP contribution is -2.35. The number of nitrogens with two attached hydrogens (primary N) is 1. The zero-order valence-corrected chi connectivity index (χ0v) is 9.89. The lowest BCUT2D eigenvalue weighted by atomic mass is 10.1. The summed E-state index contributed by atoms with van der Waals surface area (Å²) in [7, 11) is 0. The van der Waals surface area contributed by atoms with Crippen molar-refractivity contribution >= 4 is 34.0 Å². The van der Waals surface area contributed by atoms with E-state index >= 15 is 0 Å². The number of amides is 1. The van der Waals surface area contributed by atoms with Gasteiger partial charge < -0.3 is 11.1 Å². The van der Waals surface area contributed by atoms with Gasteiger partial charge in [0.2, 0.25) is 0 Å². The van der Waals surface area contributed by atoms with E-state index in [9.17, 15) is 4.79 Å². The van der Waals surface area contributed by atoms with E-state index in [0.29, 0.717) is 22.3 Å². The molecular formula is C10H10ClN3OS. The Morgan fingerprint density at radius 1 is 1.69 bits per heavy atom. The molecule has 16 heavy (non-hydrogen) atoms. The number of allylic oxidation sites excluding steroid dienone is 2. The minimum atomic E-state index is -0.250. The van der Waals surface area contributed by atoms with Crippen molar-refractivity contribution in [2.45, 2.75) is 12.5 Å². The fourth-order valence-electron chi connectivity index (χ4n) is 1.36. The molecule has 0 aliphatic heterocycles. The van der Waals surface area contributed by atoms with E-state index in [1.165, 1.54) is 11.3 Å². The number of carbonyl (C=O) groups is 1. The molecule has 4 nitrogen and oxygen atoms in total. The number of halogens is 1. The lowest BCUT2D eigenvalue weighted by Gasteiger charge is -2.17. The van der Waals surface area contributed by atoms with Crippen LogP contribution in [0.5, 0.6) is 0 Å². The molecule has 0 aromatic carbocycles. The Morgan fingerprint density at radius 2 is 2.50 bits per heavy atom. The Morgan fingerprint density at radius 3 is 3.12 bits per heavy atom. The highest BCUT2D eigenvalue weighted by Gasteiger charge is 2.18. The number of carbonyl (C=O) groups excluding carboxylic acids is 1. The first-order valence-corrected chi connectivity index (χ1v) is 5.96. The van der Waals surface area contributed by atoms with Gasteiger partial charge in [-0.2, -0.15) is 0 Å². The Hall–Kier alpha value is -1.33. The van der Waals surface area contributed by atoms with Crippen LogP contribution in [0.4, 0.5) is 5.13 Å². The van der Waals surface area contributed by atoms with Crippen LogP contribution in [0.15, 0.2) is 28.6 Å². The van der Waals surface area contributed by atoms with Crippen molar-refractivity contribution in [3.63, 3.8) is 0 Å². The van der Waals surface area contributed by atoms with Gasteiger partial charge in [0.15, 0.2) is 5.13 Å². The normalized spacial score (nSPS) is 19.3. The monoisotopic (exact) mass is 255 g/mol. The van der Waals surface area contributed by atoms with E-state index in [-0.39, 0.29) is 11.9 Å². The van der Waals surface area contributed by atoms with Crippen LogP contribution in [0.2, 0.25) is 0 Å². The van der Waals surface area contributed by atoms with E-state index < -0.39 is 0 Å². The van der Waals surface area contributed by atoms with Gasteiger partial charge in [-0.05, 0) is 12.5 Å². The Bertz CT molecular complexity index is 466. The second kappa shape index (κ2) is 4.67. The number of nitrogens with zero attached hydrogens (tertiary/aromatic N) is 1. The molecule has 0 fully saturated rings. The molecular weight excluding hydrogens is 246 g/mol. The first-order chi connectivity index (χ1) is 7.66. The van der Waals surface area contributed by atoms with Crippen molar-refractivity contribution in [2.75, 3.05) is 5.73 Å². The van der Waals surface area contributed by atoms with Crippen molar-refractivity contribution in [1.82, 2.24) is 10.3 Å². The Kier molecular flexibility index (Phi) is 3.26. The van der Waals surface area contributed by atoms with Gasteiger partial charge in [0.1, 0.15) is 5.69 Å². The van der Waals surface area contributed by atoms with Crippen LogP contribution in [0.1, 0.15) is 16.9 Å². The quantitative estimate of drug-likeness (QED) is 0.848. The van der Waals surface area contributed by atoms with Crippen LogP contribution >= 0.6 is 22.9 Å². The number of nitrogens with one attached hydrogen (secondary N) is 1. The highest BCUT2D eigenvalue weighted by Crippen LogP contribution is 2.18. The number of rotatable bonds is 2. The molecule has 0 saturated heterocycles. The molecule has 84 valence electrons. The number of aromatic nitrogens is 1. The smallest absolute Gasteiger partial charge is 0.271 e. The molecule has 1 aromatic rings. The average Bonchev–Trinajstić information content (AvgIpc) is 2.68. The van der Waals surface area contributed by atoms with Crippen molar-refractivity contribution in [3.8, 4) is 0 Å². The lowest BCUT2D eigenvalue weighted by molar-refractivity contribution is 0.0939. The molecule has 0 saturated carbocycles. The molecule has 0 bridgehead atoms. The van der Waals surface area contributed by atoms with Gasteiger partial charge in [-0.15, -0.1) is 11.3 Å². The van der Waals surface area contributed by atoms with Crippen LogP contribution in [0, 0.1) is 0 Å². The van der Waals surface area contributed by atoms with E-state index in [0.717, 1.165) is 0 Å². The van der Waals surface area contributed by atoms with Crippen LogP contribution in [-0.2, 0) is 0 Å². The predicted molar refractivity (Wildman–Crippen MR) is 65.5 cm³/mol. The van der Waals surface area contributed by atoms with Crippen molar-refractivity contribution in [2.24, 2.45) is 0 Å². The molecule has 1 unspecified atom stereocenters. The first kappa shape index (κ1) is 11.2. The van der Waals surface area contributed by atoms with Crippen molar-refractivity contribution < 1.29 is 4.79 Å². The topological polar surface area (TPSA) is 68.0 Å². The molecule has 1 aliphatic carbocycles. The third-order valence-electron chi connectivity index (χ3n) is 2.16. The summed E-state index contributed by atoms with van der Waals surface area (Å²) in [5.41, 5.74) is 5.79. The van der Waals surface area contributed by atoms with Gasteiger partial charge in [-0.25, -0.2) is 4.98 Å². The van der Waals surface area contributed by atoms with Gasteiger partial charge in [0.05, 0.1) is 6.04 Å². The standard InChI is InChI=1S/C10H10ClN3OS/c11-6-3-1-2-4-7(6)13-9(15)8-5-16-10(12)14-8/h1-3,5,7H,4H2,(H2,12,14)(H,13,15). The Balaban J connectivity index is 2.03. The molecule has 1 aromatic heterocycles. The molecule has 1 heterocycles. The highest BCUT2D eigenvalue weighted by atomic mass is 35.5. The van der Waals surface area contributed by atoms with Crippen molar-refractivity contribution in [3.05, 3.63) is 34.3 Å². The summed E-state index contributed by atoms with van der Waals surface area (Å²) in [6.07, 6.45) is 6.28. The van der Waals surface area contributed by atoms with Gasteiger partial charge in [-0.1, -0.05) is 23.8 Å². The van der Waals surface area contributed by atoms with Gasteiger partial charge in [0, 0.05) is 10.4 Å². The SMILES string of the molecule is Nc1nc(C(=O)NC2CC=CC=C2Cl)cs1. The minimum Gasteiger partial charge on any atom is -0.375 e. The van der Waals surface area contributed by atoms with Gasteiger partial charge in [-0.3, -0.25) is 4.79 Å². The minimum absolute atomic E-state index is 0.165. The highest BCUT2D eigenvalue weighted by molar-refractivity contribution is 7.13. The molecule has 1 aliphatic rings. The number of anilines is 1. The zero-order valence-electron chi connectivity index (χ0n) is 8.31. The summed E-state index contributed by atoms with van der Waals surface area (Å²) in [6, 6.07) is -0.165. The van der Waals surface area contributed by atoms with E-state index in [1.54, 1.807) is 11.5 Å². The molecule has 3 N–H and O–H groups in total. The second-order valence-corrected chi connectivity index (χ2v) is 4.64. The van der Waals surface area contributed by atoms with Gasteiger partial charge in [0.25, 0.3) is 5.91 Å². The predicted octanol–water partition coefficient (Wildman–Crippen LogP) is 1.91. The molecule has 2 rings (SSSR count). The fourth-order valence-corrected chi connectivity index (χ4v) is 2.11. The van der Waals surface area contributed by atoms with Crippen molar-refractivity contribution in [1.29, 1.82) is 0 Å². The molecule has 1 amide bonds. The molecule has 6 heteroatoms. The summed E-state index contributed by atoms with van der Waals surface area (Å²) >= 11 is 7.21. The maximum absolute atomic E-state index is 11.7. The van der Waals surface area contributed by atoms with Crippen LogP contribution in [0.3, 0.4) is 0 Å². The van der Waals surface area contributed by atoms with Crippen LogP contribution in [-0.4, -0.2) is 16.9 Å². The van der Waals surface area contributed by atoms with Crippen LogP contribution < -0.4 is 11.1 Å². The average molecular weight is 256 g/mol. The van der Waals surface area contributed by atoms with Gasteiger partial charge >= 0.3 is 0 Å². The number of thiazole rings is 1. The third kappa shape index (κ3) is 2.43. The summed E-state index contributed by atoms with van der Waals surface area (Å²) in [4.78, 5) is 15.6. The van der Waals surface area contributed by atoms with E-state index in [4.69, 9.17) is 17.3 Å². The molecule has 1 atom stereocenters. The van der Waals surface area contributed by atoms with Crippen LogP contribution in [0.25, 0.3) is 0 Å². The first-order valence-electron chi connectivity index (χ1n) is 4.71. The fraction of sp³-hybridized carbons (Fsp3) is 0.200. The summed E-state index contributed by atoms with van der Waals surface area (Å²) in [5.74, 6) is -0.250. The van der Waals surface area contributed by atoms with E-state index in [2.05, 4.69) is 10.3 Å². The third-order valence-corrected chi connectivity index (χ3v) is 3.22. The molecule has 0 radical (unpaired) electrons. The summed E-state index contributed by atoms with van der Waals surface area (Å²) in [6.45, 7) is 0. The summed E-state index contributed by atoms with van der Waals surface area (Å²) < 4.78 is 0. The number of hydrogen-bond acceptors (Lipinski definition) is 4. The second-order valence-electron chi connectivity index (χ2n) is 3.31. The van der Waals surface area contributed by atoms with E-state index in [1.807, 2.05) is 12.2 Å². The maximum Gasteiger partial charge on any atom is 0.271 e. The maximum atomic E-state index is 11.7. The zero-order chi connectivity index (χ0) is 11.5. The largest absolute Gasteiger partial charge is 0.375 e. The Labute approximate surface area is 102 Å². The number of hydrogen-bond donors (Lipinski definition) is 2. The summed E-state index contributed by atoms with van der Waals surface area (Å²) in [5, 5.41) is 5.43. The molecule has 0 spiro atoms.